The summed E-state index contributed by atoms with van der Waals surface area (Å²) < 4.78 is 1.07. The number of carbonyl (C=O) groups excluding carboxylic acids is 1. The third kappa shape index (κ3) is 6.13. The summed E-state index contributed by atoms with van der Waals surface area (Å²) in [5.74, 6) is 0.0637. The number of hydrogen-bond donors (Lipinski definition) is 1. The number of likely N-dealkylation sites (N-methyl/N-ethyl adjacent to an activating group) is 1. The van der Waals surface area contributed by atoms with Crippen molar-refractivity contribution in [1.29, 1.82) is 0 Å². The molecule has 0 aliphatic carbocycles. The van der Waals surface area contributed by atoms with Crippen LogP contribution in [0.4, 0.5) is 0 Å². The third-order valence-electron chi connectivity index (χ3n) is 4.49. The van der Waals surface area contributed by atoms with Gasteiger partial charge in [-0.25, -0.2) is 4.98 Å². The lowest BCUT2D eigenvalue weighted by atomic mass is 10.2. The van der Waals surface area contributed by atoms with Crippen LogP contribution < -0.4 is 5.32 Å². The second kappa shape index (κ2) is 9.94. The molecule has 1 saturated heterocycles. The molecular formula is C18H25BrN4OS2. The van der Waals surface area contributed by atoms with Crippen molar-refractivity contribution in [2.75, 3.05) is 46.3 Å². The summed E-state index contributed by atoms with van der Waals surface area (Å²) in [4.78, 5) is 22.7. The van der Waals surface area contributed by atoms with Gasteiger partial charge in [-0.15, -0.1) is 22.7 Å². The van der Waals surface area contributed by atoms with Gasteiger partial charge < -0.3 is 15.1 Å². The number of carbonyl (C=O) groups is 1. The summed E-state index contributed by atoms with van der Waals surface area (Å²) in [6.07, 6.45) is 2.53. The first-order valence-corrected chi connectivity index (χ1v) is 11.5. The van der Waals surface area contributed by atoms with Gasteiger partial charge in [0.15, 0.2) is 0 Å². The van der Waals surface area contributed by atoms with Crippen LogP contribution >= 0.6 is 38.6 Å². The van der Waals surface area contributed by atoms with Gasteiger partial charge in [0.2, 0.25) is 5.91 Å². The lowest BCUT2D eigenvalue weighted by Gasteiger charge is -2.32. The Morgan fingerprint density at radius 1 is 1.23 bits per heavy atom. The first kappa shape index (κ1) is 19.9. The number of nitrogens with one attached hydrogen (secondary N) is 1. The highest BCUT2D eigenvalue weighted by Gasteiger charge is 2.13. The second-order valence-corrected chi connectivity index (χ2v) is 9.34. The molecule has 2 aromatic heterocycles. The maximum absolute atomic E-state index is 12.1. The number of thiazole rings is 1. The molecule has 0 aromatic carbocycles. The predicted octanol–water partition coefficient (Wildman–Crippen LogP) is 3.32. The van der Waals surface area contributed by atoms with Crippen LogP contribution in [0.1, 0.15) is 18.5 Å². The van der Waals surface area contributed by atoms with Gasteiger partial charge in [0.05, 0.1) is 17.0 Å². The van der Waals surface area contributed by atoms with Crippen LogP contribution in [0.3, 0.4) is 0 Å². The number of thiophene rings is 1. The van der Waals surface area contributed by atoms with Crippen molar-refractivity contribution in [3.05, 3.63) is 27.0 Å². The van der Waals surface area contributed by atoms with Gasteiger partial charge in [-0.2, -0.15) is 0 Å². The molecule has 3 heterocycles. The molecular weight excluding hydrogens is 432 g/mol. The van der Waals surface area contributed by atoms with Crippen molar-refractivity contribution in [2.45, 2.75) is 19.3 Å². The zero-order chi connectivity index (χ0) is 18.4. The standard InChI is InChI=1S/C18H25BrN4OS2/c1-22-6-8-23(9-7-22)5-3-2-4-20-17(24)11-15-13-26-18(21-15)16-10-14(19)12-25-16/h10,12-13H,2-9,11H2,1H3,(H,20,24). The zero-order valence-electron chi connectivity index (χ0n) is 15.0. The normalized spacial score (nSPS) is 16.1. The van der Waals surface area contributed by atoms with Gasteiger partial charge in [0.25, 0.3) is 0 Å². The van der Waals surface area contributed by atoms with Crippen LogP contribution in [0.15, 0.2) is 21.3 Å². The number of piperazine rings is 1. The van der Waals surface area contributed by atoms with E-state index in [4.69, 9.17) is 0 Å². The van der Waals surface area contributed by atoms with Crippen LogP contribution in [-0.2, 0) is 11.2 Å². The number of hydrogen-bond acceptors (Lipinski definition) is 6. The minimum absolute atomic E-state index is 0.0637. The van der Waals surface area contributed by atoms with Crippen molar-refractivity contribution < 1.29 is 4.79 Å². The van der Waals surface area contributed by atoms with Crippen molar-refractivity contribution >= 4 is 44.5 Å². The highest BCUT2D eigenvalue weighted by Crippen LogP contribution is 2.32. The molecule has 1 aliphatic rings. The van der Waals surface area contributed by atoms with Crippen molar-refractivity contribution in [3.63, 3.8) is 0 Å². The minimum Gasteiger partial charge on any atom is -0.356 e. The fourth-order valence-electron chi connectivity index (χ4n) is 2.91. The van der Waals surface area contributed by atoms with E-state index in [1.54, 1.807) is 22.7 Å². The highest BCUT2D eigenvalue weighted by molar-refractivity contribution is 9.10. The predicted molar refractivity (Wildman–Crippen MR) is 113 cm³/mol. The molecule has 2 aromatic rings. The number of halogens is 1. The van der Waals surface area contributed by atoms with Gasteiger partial charge in [-0.3, -0.25) is 4.79 Å². The van der Waals surface area contributed by atoms with Crippen molar-refractivity contribution in [2.24, 2.45) is 0 Å². The first-order chi connectivity index (χ1) is 12.6. The van der Waals surface area contributed by atoms with Crippen LogP contribution in [0, 0.1) is 0 Å². The minimum atomic E-state index is 0.0637. The molecule has 5 nitrogen and oxygen atoms in total. The molecule has 26 heavy (non-hydrogen) atoms. The number of unbranched alkanes of at least 4 members (excludes halogenated alkanes) is 1. The molecule has 3 rings (SSSR count). The summed E-state index contributed by atoms with van der Waals surface area (Å²) in [7, 11) is 2.18. The van der Waals surface area contributed by atoms with Crippen LogP contribution in [0.25, 0.3) is 9.88 Å². The fraction of sp³-hybridized carbons (Fsp3) is 0.556. The van der Waals surface area contributed by atoms with Gasteiger partial charge in [0.1, 0.15) is 5.01 Å². The Morgan fingerprint density at radius 3 is 2.77 bits per heavy atom. The van der Waals surface area contributed by atoms with Crippen LogP contribution in [0.2, 0.25) is 0 Å². The quantitative estimate of drug-likeness (QED) is 0.618. The number of nitrogens with zero attached hydrogens (tertiary/aromatic N) is 3. The van der Waals surface area contributed by atoms with Gasteiger partial charge in [-0.1, -0.05) is 0 Å². The van der Waals surface area contributed by atoms with Gasteiger partial charge in [-0.05, 0) is 48.4 Å². The van der Waals surface area contributed by atoms with E-state index >= 15 is 0 Å². The van der Waals surface area contributed by atoms with Crippen molar-refractivity contribution in [1.82, 2.24) is 20.1 Å². The number of rotatable bonds is 8. The number of aromatic nitrogens is 1. The molecule has 1 N–H and O–H groups in total. The Balaban J connectivity index is 1.31. The highest BCUT2D eigenvalue weighted by atomic mass is 79.9. The lowest BCUT2D eigenvalue weighted by molar-refractivity contribution is -0.120. The molecule has 0 atom stereocenters. The topological polar surface area (TPSA) is 48.5 Å². The third-order valence-corrected chi connectivity index (χ3v) is 7.24. The van der Waals surface area contributed by atoms with Crippen LogP contribution in [-0.4, -0.2) is 67.0 Å². The molecule has 8 heteroatoms. The van der Waals surface area contributed by atoms with E-state index in [2.05, 4.69) is 49.1 Å². The average Bonchev–Trinajstić information content (AvgIpc) is 3.25. The average molecular weight is 457 g/mol. The fourth-order valence-corrected chi connectivity index (χ4v) is 5.24. The Hall–Kier alpha value is -0.800. The molecule has 1 aliphatic heterocycles. The van der Waals surface area contributed by atoms with E-state index < -0.39 is 0 Å². The molecule has 0 saturated carbocycles. The monoisotopic (exact) mass is 456 g/mol. The number of amides is 1. The second-order valence-electron chi connectivity index (χ2n) is 6.65. The van der Waals surface area contributed by atoms with Gasteiger partial charge in [0, 0.05) is 48.0 Å². The molecule has 1 amide bonds. The Morgan fingerprint density at radius 2 is 2.04 bits per heavy atom. The maximum Gasteiger partial charge on any atom is 0.226 e. The zero-order valence-corrected chi connectivity index (χ0v) is 18.3. The summed E-state index contributed by atoms with van der Waals surface area (Å²) in [6, 6.07) is 2.06. The molecule has 0 spiro atoms. The largest absolute Gasteiger partial charge is 0.356 e. The lowest BCUT2D eigenvalue weighted by Crippen LogP contribution is -2.44. The molecule has 0 unspecified atom stereocenters. The van der Waals surface area contributed by atoms with E-state index in [1.807, 2.05) is 10.8 Å². The first-order valence-electron chi connectivity index (χ1n) is 8.96. The molecule has 142 valence electrons. The van der Waals surface area contributed by atoms with E-state index in [-0.39, 0.29) is 5.91 Å². The molecule has 0 bridgehead atoms. The van der Waals surface area contributed by atoms with Crippen molar-refractivity contribution in [3.8, 4) is 9.88 Å². The molecule has 1 fully saturated rings. The maximum atomic E-state index is 12.1. The summed E-state index contributed by atoms with van der Waals surface area (Å²) in [6.45, 7) is 6.53. The Kier molecular flexibility index (Phi) is 7.63. The van der Waals surface area contributed by atoms with E-state index in [0.29, 0.717) is 6.42 Å². The van der Waals surface area contributed by atoms with Gasteiger partial charge >= 0.3 is 0 Å². The smallest absolute Gasteiger partial charge is 0.226 e. The summed E-state index contributed by atoms with van der Waals surface area (Å²) in [5.41, 5.74) is 0.851. The van der Waals surface area contributed by atoms with E-state index in [9.17, 15) is 4.79 Å². The Labute approximate surface area is 171 Å². The Bertz CT molecular complexity index is 710. The SMILES string of the molecule is CN1CCN(CCCCNC(=O)Cc2csc(-c3cc(Br)cs3)n2)CC1. The van der Waals surface area contributed by atoms with Crippen LogP contribution in [0.5, 0.6) is 0 Å². The summed E-state index contributed by atoms with van der Waals surface area (Å²) >= 11 is 6.72. The molecule has 0 radical (unpaired) electrons. The van der Waals surface area contributed by atoms with E-state index in [1.165, 1.54) is 0 Å². The van der Waals surface area contributed by atoms with E-state index in [0.717, 1.165) is 72.2 Å². The summed E-state index contributed by atoms with van der Waals surface area (Å²) in [5, 5.41) is 8.03.